The lowest BCUT2D eigenvalue weighted by molar-refractivity contribution is 0.354. The number of allylic oxidation sites excluding steroid dienone is 1. The fraction of sp³-hybridized carbons (Fsp3) is 0.500. The van der Waals surface area contributed by atoms with Gasteiger partial charge in [0, 0.05) is 6.04 Å². The van der Waals surface area contributed by atoms with Crippen LogP contribution in [0.25, 0.3) is 0 Å². The van der Waals surface area contributed by atoms with Crippen LogP contribution >= 0.6 is 0 Å². The zero-order valence-corrected chi connectivity index (χ0v) is 12.6. The minimum absolute atomic E-state index is 0.355. The molecule has 0 aliphatic heterocycles. The first kappa shape index (κ1) is 15.6. The van der Waals surface area contributed by atoms with E-state index in [1.807, 2.05) is 12.1 Å². The second-order valence-corrected chi connectivity index (χ2v) is 4.80. The third-order valence-corrected chi connectivity index (χ3v) is 2.90. The van der Waals surface area contributed by atoms with Gasteiger partial charge in [-0.1, -0.05) is 24.6 Å². The molecule has 3 nitrogen and oxygen atoms in total. The standard InChI is InChI=1S/C16H25NO2/c1-6-17-14(9-12(2)3)10-13-7-8-15(18-4)16(11-13)19-5/h7-9,11,14,17H,6,10H2,1-5H3. The molecule has 0 aliphatic carbocycles. The van der Waals surface area contributed by atoms with Crippen LogP contribution in [0.1, 0.15) is 26.3 Å². The van der Waals surface area contributed by atoms with Crippen LogP contribution in [0.3, 0.4) is 0 Å². The van der Waals surface area contributed by atoms with Crippen molar-refractivity contribution in [2.24, 2.45) is 0 Å². The molecule has 1 N–H and O–H groups in total. The predicted molar refractivity (Wildman–Crippen MR) is 80.1 cm³/mol. The van der Waals surface area contributed by atoms with Crippen molar-refractivity contribution in [2.75, 3.05) is 20.8 Å². The van der Waals surface area contributed by atoms with Crippen LogP contribution in [0.5, 0.6) is 11.5 Å². The Morgan fingerprint density at radius 3 is 2.42 bits per heavy atom. The molecule has 1 atom stereocenters. The van der Waals surface area contributed by atoms with Gasteiger partial charge in [0.15, 0.2) is 11.5 Å². The molecule has 1 aromatic carbocycles. The number of nitrogens with one attached hydrogen (secondary N) is 1. The van der Waals surface area contributed by atoms with Gasteiger partial charge in [-0.25, -0.2) is 0 Å². The number of methoxy groups -OCH3 is 2. The maximum absolute atomic E-state index is 5.34. The van der Waals surface area contributed by atoms with E-state index in [-0.39, 0.29) is 0 Å². The van der Waals surface area contributed by atoms with Gasteiger partial charge in [-0.2, -0.15) is 0 Å². The van der Waals surface area contributed by atoms with Gasteiger partial charge in [-0.3, -0.25) is 0 Å². The summed E-state index contributed by atoms with van der Waals surface area (Å²) >= 11 is 0. The number of hydrogen-bond acceptors (Lipinski definition) is 3. The molecule has 0 aromatic heterocycles. The molecule has 106 valence electrons. The fourth-order valence-corrected chi connectivity index (χ4v) is 2.12. The van der Waals surface area contributed by atoms with Crippen molar-refractivity contribution >= 4 is 0 Å². The van der Waals surface area contributed by atoms with Crippen molar-refractivity contribution < 1.29 is 9.47 Å². The van der Waals surface area contributed by atoms with Crippen molar-refractivity contribution in [3.05, 3.63) is 35.4 Å². The van der Waals surface area contributed by atoms with E-state index in [2.05, 4.69) is 38.2 Å². The lowest BCUT2D eigenvalue weighted by Crippen LogP contribution is -2.29. The first-order chi connectivity index (χ1) is 9.10. The lowest BCUT2D eigenvalue weighted by Gasteiger charge is -2.16. The summed E-state index contributed by atoms with van der Waals surface area (Å²) < 4.78 is 10.6. The van der Waals surface area contributed by atoms with Gasteiger partial charge in [0.25, 0.3) is 0 Å². The molecule has 0 aliphatic rings. The Balaban J connectivity index is 2.87. The average Bonchev–Trinajstić information content (AvgIpc) is 2.38. The van der Waals surface area contributed by atoms with Gasteiger partial charge < -0.3 is 14.8 Å². The van der Waals surface area contributed by atoms with E-state index in [4.69, 9.17) is 9.47 Å². The van der Waals surface area contributed by atoms with Gasteiger partial charge >= 0.3 is 0 Å². The Morgan fingerprint density at radius 1 is 1.21 bits per heavy atom. The number of benzene rings is 1. The van der Waals surface area contributed by atoms with E-state index in [1.165, 1.54) is 11.1 Å². The molecular weight excluding hydrogens is 238 g/mol. The highest BCUT2D eigenvalue weighted by molar-refractivity contribution is 5.43. The van der Waals surface area contributed by atoms with Crippen LogP contribution in [0.2, 0.25) is 0 Å². The van der Waals surface area contributed by atoms with Crippen LogP contribution in [0, 0.1) is 0 Å². The number of hydrogen-bond donors (Lipinski definition) is 1. The molecular formula is C16H25NO2. The summed E-state index contributed by atoms with van der Waals surface area (Å²) in [7, 11) is 3.32. The van der Waals surface area contributed by atoms with Crippen molar-refractivity contribution in [3.8, 4) is 11.5 Å². The molecule has 0 radical (unpaired) electrons. The van der Waals surface area contributed by atoms with Crippen molar-refractivity contribution in [1.29, 1.82) is 0 Å². The molecule has 0 spiro atoms. The van der Waals surface area contributed by atoms with Gasteiger partial charge in [-0.15, -0.1) is 0 Å². The molecule has 0 bridgehead atoms. The molecule has 0 fully saturated rings. The third kappa shape index (κ3) is 4.95. The quantitative estimate of drug-likeness (QED) is 0.766. The predicted octanol–water partition coefficient (Wildman–Crippen LogP) is 3.19. The summed E-state index contributed by atoms with van der Waals surface area (Å²) in [4.78, 5) is 0. The maximum atomic E-state index is 5.34. The molecule has 1 aromatic rings. The second kappa shape index (κ2) is 7.85. The van der Waals surface area contributed by atoms with Crippen LogP contribution < -0.4 is 14.8 Å². The van der Waals surface area contributed by atoms with Crippen LogP contribution in [-0.4, -0.2) is 26.8 Å². The highest BCUT2D eigenvalue weighted by atomic mass is 16.5. The highest BCUT2D eigenvalue weighted by Crippen LogP contribution is 2.28. The average molecular weight is 263 g/mol. The Labute approximate surface area is 116 Å². The van der Waals surface area contributed by atoms with Crippen molar-refractivity contribution in [2.45, 2.75) is 33.2 Å². The number of ether oxygens (including phenoxy) is 2. The Morgan fingerprint density at radius 2 is 1.89 bits per heavy atom. The SMILES string of the molecule is CCNC(C=C(C)C)Cc1ccc(OC)c(OC)c1. The van der Waals surface area contributed by atoms with Gasteiger partial charge in [0.05, 0.1) is 14.2 Å². The minimum atomic E-state index is 0.355. The van der Waals surface area contributed by atoms with Gasteiger partial charge in [0.1, 0.15) is 0 Å². The Bertz CT molecular complexity index is 423. The molecule has 3 heteroatoms. The minimum Gasteiger partial charge on any atom is -0.493 e. The third-order valence-electron chi connectivity index (χ3n) is 2.90. The number of likely N-dealkylation sites (N-methyl/N-ethyl adjacent to an activating group) is 1. The van der Waals surface area contributed by atoms with E-state index >= 15 is 0 Å². The van der Waals surface area contributed by atoms with E-state index < -0.39 is 0 Å². The normalized spacial score (nSPS) is 11.8. The van der Waals surface area contributed by atoms with Crippen molar-refractivity contribution in [1.82, 2.24) is 5.32 Å². The summed E-state index contributed by atoms with van der Waals surface area (Å²) in [5.41, 5.74) is 2.56. The second-order valence-electron chi connectivity index (χ2n) is 4.80. The molecule has 1 rings (SSSR count). The van der Waals surface area contributed by atoms with Gasteiger partial charge in [0.2, 0.25) is 0 Å². The van der Waals surface area contributed by atoms with E-state index in [9.17, 15) is 0 Å². The molecule has 1 unspecified atom stereocenters. The van der Waals surface area contributed by atoms with Crippen LogP contribution in [0.4, 0.5) is 0 Å². The first-order valence-electron chi connectivity index (χ1n) is 6.70. The lowest BCUT2D eigenvalue weighted by atomic mass is 10.0. The molecule has 0 heterocycles. The van der Waals surface area contributed by atoms with E-state index in [0.717, 1.165) is 24.5 Å². The zero-order chi connectivity index (χ0) is 14.3. The monoisotopic (exact) mass is 263 g/mol. The summed E-state index contributed by atoms with van der Waals surface area (Å²) in [5.74, 6) is 1.56. The summed E-state index contributed by atoms with van der Waals surface area (Å²) in [6, 6.07) is 6.44. The Hall–Kier alpha value is -1.48. The Kier molecular flexibility index (Phi) is 6.43. The molecule has 19 heavy (non-hydrogen) atoms. The zero-order valence-electron chi connectivity index (χ0n) is 12.6. The molecule has 0 saturated heterocycles. The maximum Gasteiger partial charge on any atom is 0.160 e. The van der Waals surface area contributed by atoms with Crippen molar-refractivity contribution in [3.63, 3.8) is 0 Å². The van der Waals surface area contributed by atoms with E-state index in [0.29, 0.717) is 6.04 Å². The summed E-state index contributed by atoms with van der Waals surface area (Å²) in [6.07, 6.45) is 3.21. The largest absolute Gasteiger partial charge is 0.493 e. The summed E-state index contributed by atoms with van der Waals surface area (Å²) in [5, 5.41) is 3.48. The van der Waals surface area contributed by atoms with Crippen LogP contribution in [-0.2, 0) is 6.42 Å². The topological polar surface area (TPSA) is 30.5 Å². The van der Waals surface area contributed by atoms with Crippen LogP contribution in [0.15, 0.2) is 29.8 Å². The smallest absolute Gasteiger partial charge is 0.160 e. The fourth-order valence-electron chi connectivity index (χ4n) is 2.12. The molecule has 0 amide bonds. The van der Waals surface area contributed by atoms with E-state index in [1.54, 1.807) is 14.2 Å². The number of rotatable bonds is 7. The first-order valence-corrected chi connectivity index (χ1v) is 6.70. The molecule has 0 saturated carbocycles. The highest BCUT2D eigenvalue weighted by Gasteiger charge is 2.09. The summed E-state index contributed by atoms with van der Waals surface area (Å²) in [6.45, 7) is 7.33. The van der Waals surface area contributed by atoms with Gasteiger partial charge in [-0.05, 0) is 44.5 Å².